The Bertz CT molecular complexity index is 210. The van der Waals surface area contributed by atoms with E-state index in [4.69, 9.17) is 18.0 Å². The quantitative estimate of drug-likeness (QED) is 0.676. The fourth-order valence-corrected chi connectivity index (χ4v) is 2.13. The lowest BCUT2D eigenvalue weighted by Crippen LogP contribution is -2.40. The van der Waals surface area contributed by atoms with Gasteiger partial charge in [-0.2, -0.15) is 0 Å². The van der Waals surface area contributed by atoms with Gasteiger partial charge in [0.25, 0.3) is 0 Å². The number of rotatable bonds is 4. The monoisotopic (exact) mass is 216 g/mol. The lowest BCUT2D eigenvalue weighted by molar-refractivity contribution is 0.134. The average Bonchev–Trinajstić information content (AvgIpc) is 2.46. The summed E-state index contributed by atoms with van der Waals surface area (Å²) in [5.74, 6) is 0.822. The lowest BCUT2D eigenvalue weighted by atomic mass is 10.0. The zero-order chi connectivity index (χ0) is 10.7. The van der Waals surface area contributed by atoms with Crippen LogP contribution >= 0.6 is 12.2 Å². The zero-order valence-corrected chi connectivity index (χ0v) is 9.76. The van der Waals surface area contributed by atoms with Crippen LogP contribution < -0.4 is 5.73 Å². The van der Waals surface area contributed by atoms with Gasteiger partial charge in [-0.05, 0) is 18.9 Å². The molecule has 1 aliphatic rings. The van der Waals surface area contributed by atoms with Gasteiger partial charge in [-0.3, -0.25) is 4.90 Å². The van der Waals surface area contributed by atoms with Crippen molar-refractivity contribution in [3.63, 3.8) is 0 Å². The highest BCUT2D eigenvalue weighted by Crippen LogP contribution is 2.24. The average molecular weight is 216 g/mol. The molecule has 0 bridgehead atoms. The van der Waals surface area contributed by atoms with Gasteiger partial charge < -0.3 is 10.8 Å². The van der Waals surface area contributed by atoms with Gasteiger partial charge in [0.15, 0.2) is 0 Å². The first-order chi connectivity index (χ1) is 6.56. The van der Waals surface area contributed by atoms with Gasteiger partial charge in [-0.1, -0.05) is 26.1 Å². The fourth-order valence-electron chi connectivity index (χ4n) is 2.05. The molecule has 0 saturated carbocycles. The number of likely N-dealkylation sites (tertiary alicyclic amines) is 1. The molecule has 0 amide bonds. The van der Waals surface area contributed by atoms with Gasteiger partial charge in [-0.25, -0.2) is 0 Å². The third-order valence-corrected chi connectivity index (χ3v) is 3.58. The minimum absolute atomic E-state index is 0.240. The Morgan fingerprint density at radius 1 is 1.71 bits per heavy atom. The molecule has 0 spiro atoms. The van der Waals surface area contributed by atoms with Crippen molar-refractivity contribution in [1.82, 2.24) is 4.90 Å². The van der Waals surface area contributed by atoms with Gasteiger partial charge in [0, 0.05) is 18.5 Å². The normalized spacial score (nSPS) is 30.5. The first kappa shape index (κ1) is 11.9. The van der Waals surface area contributed by atoms with Gasteiger partial charge in [0.2, 0.25) is 0 Å². The number of aliphatic hydroxyl groups is 1. The molecular weight excluding hydrogens is 196 g/mol. The molecule has 3 N–H and O–H groups in total. The summed E-state index contributed by atoms with van der Waals surface area (Å²) < 4.78 is 0. The van der Waals surface area contributed by atoms with Crippen LogP contribution in [0.5, 0.6) is 0 Å². The van der Waals surface area contributed by atoms with Crippen LogP contribution in [0.1, 0.15) is 20.3 Å². The number of nitrogens with zero attached hydrogens (tertiary/aromatic N) is 1. The van der Waals surface area contributed by atoms with Crippen molar-refractivity contribution in [2.24, 2.45) is 17.6 Å². The highest BCUT2D eigenvalue weighted by atomic mass is 32.1. The molecule has 3 nitrogen and oxygen atoms in total. The molecular formula is C10H20N2OS. The molecule has 0 aromatic heterocycles. The first-order valence-corrected chi connectivity index (χ1v) is 5.61. The Kier molecular flexibility index (Phi) is 4.29. The Hall–Kier alpha value is -0.190. The Morgan fingerprint density at radius 2 is 2.36 bits per heavy atom. The molecule has 1 rings (SSSR count). The summed E-state index contributed by atoms with van der Waals surface area (Å²) in [5.41, 5.74) is 5.58. The predicted molar refractivity (Wildman–Crippen MR) is 62.2 cm³/mol. The minimum atomic E-state index is 0.240. The van der Waals surface area contributed by atoms with E-state index in [1.165, 1.54) is 0 Å². The minimum Gasteiger partial charge on any atom is -0.395 e. The van der Waals surface area contributed by atoms with Crippen LogP contribution in [-0.4, -0.2) is 40.7 Å². The Morgan fingerprint density at radius 3 is 2.86 bits per heavy atom. The number of aliphatic hydroxyl groups excluding tert-OH is 1. The van der Waals surface area contributed by atoms with Crippen LogP contribution in [0.2, 0.25) is 0 Å². The van der Waals surface area contributed by atoms with E-state index in [9.17, 15) is 5.11 Å². The van der Waals surface area contributed by atoms with Gasteiger partial charge in [-0.15, -0.1) is 0 Å². The van der Waals surface area contributed by atoms with Gasteiger partial charge in [0.05, 0.1) is 11.6 Å². The maximum Gasteiger partial charge on any atom is 0.0768 e. The standard InChI is InChI=1S/C10H20N2OS/c1-7-3-4-12(9(7)6-13)5-8(2)10(11)14/h7-9,13H,3-6H2,1-2H3,(H2,11,14). The summed E-state index contributed by atoms with van der Waals surface area (Å²) in [6, 6.07) is 0.298. The van der Waals surface area contributed by atoms with Crippen molar-refractivity contribution in [2.75, 3.05) is 19.7 Å². The van der Waals surface area contributed by atoms with Crippen molar-refractivity contribution in [3.05, 3.63) is 0 Å². The second-order valence-electron chi connectivity index (χ2n) is 4.31. The molecule has 14 heavy (non-hydrogen) atoms. The molecule has 1 fully saturated rings. The van der Waals surface area contributed by atoms with Gasteiger partial charge in [0.1, 0.15) is 0 Å². The van der Waals surface area contributed by atoms with Crippen LogP contribution in [0.25, 0.3) is 0 Å². The first-order valence-electron chi connectivity index (χ1n) is 5.20. The Labute approximate surface area is 91.3 Å². The third kappa shape index (κ3) is 2.65. The zero-order valence-electron chi connectivity index (χ0n) is 8.94. The van der Waals surface area contributed by atoms with Crippen LogP contribution in [0, 0.1) is 11.8 Å². The smallest absolute Gasteiger partial charge is 0.0768 e. The largest absolute Gasteiger partial charge is 0.395 e. The molecule has 1 aliphatic heterocycles. The van der Waals surface area contributed by atoms with Crippen LogP contribution in [0.15, 0.2) is 0 Å². The molecule has 3 atom stereocenters. The van der Waals surface area contributed by atoms with E-state index in [-0.39, 0.29) is 12.5 Å². The molecule has 0 aromatic carbocycles. The predicted octanol–water partition coefficient (Wildman–Crippen LogP) is 0.611. The van der Waals surface area contributed by atoms with Crippen molar-refractivity contribution >= 4 is 17.2 Å². The van der Waals surface area contributed by atoms with Crippen molar-refractivity contribution < 1.29 is 5.11 Å². The van der Waals surface area contributed by atoms with E-state index in [1.807, 2.05) is 6.92 Å². The number of hydrogen-bond acceptors (Lipinski definition) is 3. The second-order valence-corrected chi connectivity index (χ2v) is 4.79. The van der Waals surface area contributed by atoms with Crippen molar-refractivity contribution in [2.45, 2.75) is 26.3 Å². The lowest BCUT2D eigenvalue weighted by Gasteiger charge is -2.27. The van der Waals surface area contributed by atoms with E-state index in [2.05, 4.69) is 11.8 Å². The molecule has 1 saturated heterocycles. The van der Waals surface area contributed by atoms with E-state index in [0.717, 1.165) is 19.5 Å². The number of nitrogens with two attached hydrogens (primary N) is 1. The van der Waals surface area contributed by atoms with Crippen LogP contribution in [0.3, 0.4) is 0 Å². The van der Waals surface area contributed by atoms with E-state index in [0.29, 0.717) is 16.9 Å². The number of thiocarbonyl (C=S) groups is 1. The summed E-state index contributed by atoms with van der Waals surface area (Å²) >= 11 is 4.95. The van der Waals surface area contributed by atoms with Crippen LogP contribution in [-0.2, 0) is 0 Å². The maximum atomic E-state index is 9.25. The van der Waals surface area contributed by atoms with E-state index >= 15 is 0 Å². The summed E-state index contributed by atoms with van der Waals surface area (Å²) in [5, 5.41) is 9.25. The topological polar surface area (TPSA) is 49.5 Å². The summed E-state index contributed by atoms with van der Waals surface area (Å²) in [7, 11) is 0. The fraction of sp³-hybridized carbons (Fsp3) is 0.900. The summed E-state index contributed by atoms with van der Waals surface area (Å²) in [6.07, 6.45) is 1.16. The van der Waals surface area contributed by atoms with Crippen LogP contribution in [0.4, 0.5) is 0 Å². The molecule has 0 radical (unpaired) electrons. The highest BCUT2D eigenvalue weighted by molar-refractivity contribution is 7.80. The SMILES string of the molecule is CC(CN1CCC(C)C1CO)C(N)=S. The maximum absolute atomic E-state index is 9.25. The Balaban J connectivity index is 2.48. The highest BCUT2D eigenvalue weighted by Gasteiger charge is 2.31. The van der Waals surface area contributed by atoms with Gasteiger partial charge >= 0.3 is 0 Å². The summed E-state index contributed by atoms with van der Waals surface area (Å²) in [4.78, 5) is 2.87. The molecule has 1 heterocycles. The molecule has 4 heteroatoms. The molecule has 3 unspecified atom stereocenters. The summed E-state index contributed by atoms with van der Waals surface area (Å²) in [6.45, 7) is 6.40. The third-order valence-electron chi connectivity index (χ3n) is 3.18. The van der Waals surface area contributed by atoms with Crippen molar-refractivity contribution in [1.29, 1.82) is 0 Å². The second kappa shape index (κ2) is 5.05. The molecule has 0 aliphatic carbocycles. The number of hydrogen-bond donors (Lipinski definition) is 2. The molecule has 0 aromatic rings. The molecule has 82 valence electrons. The van der Waals surface area contributed by atoms with E-state index in [1.54, 1.807) is 0 Å². The van der Waals surface area contributed by atoms with E-state index < -0.39 is 0 Å². The van der Waals surface area contributed by atoms with Crippen molar-refractivity contribution in [3.8, 4) is 0 Å².